The van der Waals surface area contributed by atoms with E-state index in [1.54, 1.807) is 25.1 Å². The van der Waals surface area contributed by atoms with Crippen LogP contribution in [0.3, 0.4) is 0 Å². The van der Waals surface area contributed by atoms with Crippen molar-refractivity contribution in [2.45, 2.75) is 19.1 Å². The lowest BCUT2D eigenvalue weighted by Gasteiger charge is -2.24. The minimum Gasteiger partial charge on any atom is -0.479 e. The topological polar surface area (TPSA) is 58.6 Å². The zero-order valence-corrected chi connectivity index (χ0v) is 9.70. The van der Waals surface area contributed by atoms with Crippen LogP contribution in [-0.4, -0.2) is 22.9 Å². The van der Waals surface area contributed by atoms with Crippen LogP contribution >= 0.6 is 12.6 Å². The van der Waals surface area contributed by atoms with Gasteiger partial charge in [-0.15, -0.1) is 0 Å². The number of carbonyl (C=O) groups is 1. The third kappa shape index (κ3) is 2.01. The van der Waals surface area contributed by atoms with E-state index in [2.05, 4.69) is 17.9 Å². The van der Waals surface area contributed by atoms with Crippen molar-refractivity contribution in [3.8, 4) is 5.75 Å². The zero-order valence-electron chi connectivity index (χ0n) is 8.80. The van der Waals surface area contributed by atoms with Crippen LogP contribution < -0.4 is 10.1 Å². The highest BCUT2D eigenvalue weighted by Crippen LogP contribution is 2.32. The Labute approximate surface area is 99.0 Å². The average Bonchev–Trinajstić information content (AvgIpc) is 2.29. The molecule has 0 radical (unpaired) electrons. The molecule has 0 spiro atoms. The Morgan fingerprint density at radius 1 is 1.62 bits per heavy atom. The van der Waals surface area contributed by atoms with Crippen LogP contribution in [0.2, 0.25) is 0 Å². The fraction of sp³-hybridized carbons (Fsp3) is 0.364. The summed E-state index contributed by atoms with van der Waals surface area (Å²) in [7, 11) is 0. The SMILES string of the molecule is CC1Oc2ccc(C(O)CS)cc2NC1=O. The molecule has 2 rings (SSSR count). The van der Waals surface area contributed by atoms with Gasteiger partial charge in [-0.25, -0.2) is 0 Å². The molecule has 0 fully saturated rings. The van der Waals surface area contributed by atoms with Crippen molar-refractivity contribution in [3.63, 3.8) is 0 Å². The molecule has 1 aromatic carbocycles. The molecule has 0 aliphatic carbocycles. The van der Waals surface area contributed by atoms with Crippen LogP contribution in [0.1, 0.15) is 18.6 Å². The molecule has 0 saturated carbocycles. The predicted molar refractivity (Wildman–Crippen MR) is 64.0 cm³/mol. The number of fused-ring (bicyclic) bond motifs is 1. The van der Waals surface area contributed by atoms with Crippen LogP contribution in [0.4, 0.5) is 5.69 Å². The van der Waals surface area contributed by atoms with E-state index in [1.807, 2.05) is 0 Å². The van der Waals surface area contributed by atoms with Gasteiger partial charge in [0.2, 0.25) is 0 Å². The first-order valence-electron chi connectivity index (χ1n) is 5.02. The first kappa shape index (κ1) is 11.3. The van der Waals surface area contributed by atoms with Crippen molar-refractivity contribution in [2.24, 2.45) is 0 Å². The van der Waals surface area contributed by atoms with Crippen molar-refractivity contribution < 1.29 is 14.6 Å². The Morgan fingerprint density at radius 2 is 2.38 bits per heavy atom. The number of aliphatic hydroxyl groups is 1. The molecule has 1 amide bonds. The standard InChI is InChI=1S/C11H13NO3S/c1-6-11(14)12-8-4-7(9(13)5-16)2-3-10(8)15-6/h2-4,6,9,13,16H,5H2,1H3,(H,12,14). The van der Waals surface area contributed by atoms with Crippen molar-refractivity contribution in [1.82, 2.24) is 0 Å². The van der Waals surface area contributed by atoms with Gasteiger partial charge in [0, 0.05) is 5.75 Å². The highest BCUT2D eigenvalue weighted by atomic mass is 32.1. The quantitative estimate of drug-likeness (QED) is 0.683. The van der Waals surface area contributed by atoms with E-state index in [0.717, 1.165) is 0 Å². The monoisotopic (exact) mass is 239 g/mol. The second kappa shape index (κ2) is 4.35. The Balaban J connectivity index is 2.32. The van der Waals surface area contributed by atoms with E-state index >= 15 is 0 Å². The summed E-state index contributed by atoms with van der Waals surface area (Å²) in [5, 5.41) is 12.3. The summed E-state index contributed by atoms with van der Waals surface area (Å²) in [4.78, 5) is 11.4. The van der Waals surface area contributed by atoms with Gasteiger partial charge in [0.25, 0.3) is 5.91 Å². The zero-order chi connectivity index (χ0) is 11.7. The molecule has 5 heteroatoms. The fourth-order valence-electron chi connectivity index (χ4n) is 1.54. The number of hydrogen-bond acceptors (Lipinski definition) is 4. The molecule has 2 atom stereocenters. The Morgan fingerprint density at radius 3 is 3.06 bits per heavy atom. The molecule has 2 unspecified atom stereocenters. The lowest BCUT2D eigenvalue weighted by Crippen LogP contribution is -2.34. The van der Waals surface area contributed by atoms with Crippen LogP contribution in [0.25, 0.3) is 0 Å². The van der Waals surface area contributed by atoms with E-state index in [9.17, 15) is 9.90 Å². The average molecular weight is 239 g/mol. The van der Waals surface area contributed by atoms with Crippen molar-refractivity contribution in [1.29, 1.82) is 0 Å². The van der Waals surface area contributed by atoms with Crippen molar-refractivity contribution in [3.05, 3.63) is 23.8 Å². The lowest BCUT2D eigenvalue weighted by molar-refractivity contribution is -0.122. The third-order valence-corrected chi connectivity index (χ3v) is 2.84. The number of carbonyl (C=O) groups excluding carboxylic acids is 1. The second-order valence-corrected chi connectivity index (χ2v) is 4.07. The van der Waals surface area contributed by atoms with E-state index < -0.39 is 12.2 Å². The minimum absolute atomic E-state index is 0.176. The molecule has 1 aliphatic rings. The molecule has 2 N–H and O–H groups in total. The van der Waals surface area contributed by atoms with Gasteiger partial charge in [0.1, 0.15) is 5.75 Å². The summed E-state index contributed by atoms with van der Waals surface area (Å²) in [6, 6.07) is 5.22. The summed E-state index contributed by atoms with van der Waals surface area (Å²) in [5.74, 6) is 0.788. The summed E-state index contributed by atoms with van der Waals surface area (Å²) < 4.78 is 5.40. The number of rotatable bonds is 2. The van der Waals surface area contributed by atoms with Crippen LogP contribution in [0.15, 0.2) is 18.2 Å². The number of benzene rings is 1. The van der Waals surface area contributed by atoms with Crippen LogP contribution in [0.5, 0.6) is 5.75 Å². The molecular weight excluding hydrogens is 226 g/mol. The van der Waals surface area contributed by atoms with Gasteiger partial charge in [-0.05, 0) is 24.6 Å². The molecule has 1 heterocycles. The molecule has 0 aromatic heterocycles. The van der Waals surface area contributed by atoms with Crippen molar-refractivity contribution >= 4 is 24.2 Å². The number of anilines is 1. The minimum atomic E-state index is -0.634. The van der Waals surface area contributed by atoms with E-state index in [4.69, 9.17) is 4.74 Å². The largest absolute Gasteiger partial charge is 0.479 e. The number of hydrogen-bond donors (Lipinski definition) is 3. The molecule has 1 aliphatic heterocycles. The summed E-state index contributed by atoms with van der Waals surface area (Å²) in [5.41, 5.74) is 1.31. The number of aliphatic hydroxyl groups excluding tert-OH is 1. The van der Waals surface area contributed by atoms with Gasteiger partial charge < -0.3 is 15.2 Å². The number of amides is 1. The van der Waals surface area contributed by atoms with E-state index in [0.29, 0.717) is 22.8 Å². The highest BCUT2D eigenvalue weighted by Gasteiger charge is 2.23. The number of thiol groups is 1. The molecule has 4 nitrogen and oxygen atoms in total. The first-order valence-corrected chi connectivity index (χ1v) is 5.65. The number of ether oxygens (including phenoxy) is 1. The predicted octanol–water partition coefficient (Wildman–Crippen LogP) is 1.37. The Hall–Kier alpha value is -1.20. The second-order valence-electron chi connectivity index (χ2n) is 3.70. The molecule has 16 heavy (non-hydrogen) atoms. The summed E-state index contributed by atoms with van der Waals surface area (Å²) in [6.07, 6.45) is -1.11. The van der Waals surface area contributed by atoms with Gasteiger partial charge in [0.05, 0.1) is 11.8 Å². The van der Waals surface area contributed by atoms with E-state index in [-0.39, 0.29) is 5.91 Å². The van der Waals surface area contributed by atoms with Gasteiger partial charge in [-0.2, -0.15) is 12.6 Å². The normalized spacial score (nSPS) is 20.7. The summed E-state index contributed by atoms with van der Waals surface area (Å²) in [6.45, 7) is 1.69. The highest BCUT2D eigenvalue weighted by molar-refractivity contribution is 7.80. The Kier molecular flexibility index (Phi) is 3.07. The van der Waals surface area contributed by atoms with Crippen LogP contribution in [-0.2, 0) is 4.79 Å². The molecule has 86 valence electrons. The van der Waals surface area contributed by atoms with E-state index in [1.165, 1.54) is 0 Å². The van der Waals surface area contributed by atoms with Crippen molar-refractivity contribution in [2.75, 3.05) is 11.1 Å². The Bertz CT molecular complexity index is 422. The number of nitrogens with one attached hydrogen (secondary N) is 1. The smallest absolute Gasteiger partial charge is 0.265 e. The third-order valence-electron chi connectivity index (χ3n) is 2.49. The molecular formula is C11H13NO3S. The van der Waals surface area contributed by atoms with Gasteiger partial charge >= 0.3 is 0 Å². The first-order chi connectivity index (χ1) is 7.61. The maximum Gasteiger partial charge on any atom is 0.265 e. The maximum atomic E-state index is 11.4. The molecule has 0 saturated heterocycles. The fourth-order valence-corrected chi connectivity index (χ4v) is 1.75. The molecule has 0 bridgehead atoms. The van der Waals surface area contributed by atoms with Gasteiger partial charge in [-0.3, -0.25) is 4.79 Å². The van der Waals surface area contributed by atoms with Crippen LogP contribution in [0, 0.1) is 0 Å². The lowest BCUT2D eigenvalue weighted by atomic mass is 10.1. The maximum absolute atomic E-state index is 11.4. The molecule has 1 aromatic rings. The van der Waals surface area contributed by atoms with Gasteiger partial charge in [0.15, 0.2) is 6.10 Å². The van der Waals surface area contributed by atoms with Gasteiger partial charge in [-0.1, -0.05) is 6.07 Å². The summed E-state index contributed by atoms with van der Waals surface area (Å²) >= 11 is 4.02.